The van der Waals surface area contributed by atoms with E-state index in [-0.39, 0.29) is 23.9 Å². The molecule has 0 aromatic carbocycles. The minimum Gasteiger partial charge on any atom is -0.384 e. The first-order chi connectivity index (χ1) is 8.86. The molecule has 108 valence electrons. The molecule has 1 amide bonds. The van der Waals surface area contributed by atoms with E-state index in [1.54, 1.807) is 29.2 Å². The van der Waals surface area contributed by atoms with Gasteiger partial charge in [-0.2, -0.15) is 5.10 Å². The first-order valence-corrected chi connectivity index (χ1v) is 5.94. The van der Waals surface area contributed by atoms with Gasteiger partial charge in [0.25, 0.3) is 5.91 Å². The standard InChI is InChI=1S/C13H17N5O.ClH/c1-13(2,3)18-8-9(6-16-18)12(19)17-10-4-5-11(14)15-7-10;/h4-8H,1-3H3,(H2,14,15)(H,17,19);1H. The van der Waals surface area contributed by atoms with E-state index in [2.05, 4.69) is 15.4 Å². The Morgan fingerprint density at radius 2 is 2.00 bits per heavy atom. The van der Waals surface area contributed by atoms with Crippen LogP contribution >= 0.6 is 12.4 Å². The van der Waals surface area contributed by atoms with E-state index in [0.29, 0.717) is 17.1 Å². The molecule has 2 heterocycles. The van der Waals surface area contributed by atoms with Crippen LogP contribution in [0.2, 0.25) is 0 Å². The summed E-state index contributed by atoms with van der Waals surface area (Å²) in [6, 6.07) is 3.34. The Labute approximate surface area is 123 Å². The number of aromatic nitrogens is 3. The molecule has 2 aromatic heterocycles. The maximum atomic E-state index is 12.0. The predicted molar refractivity (Wildman–Crippen MR) is 81.1 cm³/mol. The van der Waals surface area contributed by atoms with Gasteiger partial charge in [0.2, 0.25) is 0 Å². The summed E-state index contributed by atoms with van der Waals surface area (Å²) >= 11 is 0. The van der Waals surface area contributed by atoms with Crippen molar-refractivity contribution >= 4 is 29.8 Å². The summed E-state index contributed by atoms with van der Waals surface area (Å²) in [6.07, 6.45) is 4.78. The van der Waals surface area contributed by atoms with Crippen LogP contribution in [0.1, 0.15) is 31.1 Å². The normalized spacial score (nSPS) is 10.8. The van der Waals surface area contributed by atoms with Gasteiger partial charge in [0.05, 0.1) is 29.2 Å². The van der Waals surface area contributed by atoms with Gasteiger partial charge in [0, 0.05) is 6.20 Å². The number of hydrogen-bond acceptors (Lipinski definition) is 4. The number of anilines is 2. The Hall–Kier alpha value is -2.08. The molecule has 0 radical (unpaired) electrons. The molecule has 7 heteroatoms. The molecule has 0 saturated carbocycles. The van der Waals surface area contributed by atoms with Crippen molar-refractivity contribution in [2.24, 2.45) is 0 Å². The summed E-state index contributed by atoms with van der Waals surface area (Å²) in [7, 11) is 0. The molecule has 2 aromatic rings. The van der Waals surface area contributed by atoms with Crippen LogP contribution in [0.3, 0.4) is 0 Å². The van der Waals surface area contributed by atoms with Gasteiger partial charge in [-0.25, -0.2) is 4.98 Å². The second-order valence-corrected chi connectivity index (χ2v) is 5.27. The average Bonchev–Trinajstić information content (AvgIpc) is 2.81. The Kier molecular flexibility index (Phi) is 4.73. The summed E-state index contributed by atoms with van der Waals surface area (Å²) < 4.78 is 1.75. The maximum Gasteiger partial charge on any atom is 0.258 e. The molecule has 0 aliphatic heterocycles. The highest BCUT2D eigenvalue weighted by Gasteiger charge is 2.16. The molecule has 3 N–H and O–H groups in total. The van der Waals surface area contributed by atoms with Gasteiger partial charge in [0.1, 0.15) is 5.82 Å². The summed E-state index contributed by atoms with van der Waals surface area (Å²) in [5, 5.41) is 6.92. The predicted octanol–water partition coefficient (Wildman–Crippen LogP) is 2.29. The fraction of sp³-hybridized carbons (Fsp3) is 0.308. The van der Waals surface area contributed by atoms with Crippen LogP contribution in [0.25, 0.3) is 0 Å². The molecule has 6 nitrogen and oxygen atoms in total. The van der Waals surface area contributed by atoms with E-state index in [9.17, 15) is 4.79 Å². The fourth-order valence-electron chi connectivity index (χ4n) is 1.49. The quantitative estimate of drug-likeness (QED) is 0.890. The lowest BCUT2D eigenvalue weighted by Gasteiger charge is -2.18. The molecule has 20 heavy (non-hydrogen) atoms. The molecule has 0 aliphatic rings. The number of halogens is 1. The molecule has 0 atom stereocenters. The van der Waals surface area contributed by atoms with Crippen LogP contribution in [-0.4, -0.2) is 20.7 Å². The third-order valence-electron chi connectivity index (χ3n) is 2.58. The van der Waals surface area contributed by atoms with Crippen molar-refractivity contribution in [3.05, 3.63) is 36.3 Å². The summed E-state index contributed by atoms with van der Waals surface area (Å²) in [6.45, 7) is 6.06. The van der Waals surface area contributed by atoms with E-state index in [0.717, 1.165) is 0 Å². The van der Waals surface area contributed by atoms with Crippen LogP contribution in [0.15, 0.2) is 30.7 Å². The molecule has 2 rings (SSSR count). The van der Waals surface area contributed by atoms with Crippen LogP contribution in [-0.2, 0) is 5.54 Å². The number of nitrogens with two attached hydrogens (primary N) is 1. The molecule has 0 unspecified atom stereocenters. The number of nitrogen functional groups attached to an aromatic ring is 1. The van der Waals surface area contributed by atoms with Crippen molar-refractivity contribution in [1.82, 2.24) is 14.8 Å². The van der Waals surface area contributed by atoms with E-state index in [4.69, 9.17) is 5.73 Å². The Bertz CT molecular complexity index is 586. The van der Waals surface area contributed by atoms with E-state index < -0.39 is 0 Å². The molecule has 0 saturated heterocycles. The van der Waals surface area contributed by atoms with Crippen molar-refractivity contribution in [1.29, 1.82) is 0 Å². The number of rotatable bonds is 2. The van der Waals surface area contributed by atoms with Crippen molar-refractivity contribution in [2.45, 2.75) is 26.3 Å². The zero-order valence-corrected chi connectivity index (χ0v) is 12.4. The fourth-order valence-corrected chi connectivity index (χ4v) is 1.49. The average molecular weight is 296 g/mol. The van der Waals surface area contributed by atoms with Gasteiger partial charge in [-0.3, -0.25) is 9.48 Å². The molecular formula is C13H18ClN5O. The number of pyridine rings is 1. The minimum absolute atomic E-state index is 0. The lowest BCUT2D eigenvalue weighted by Crippen LogP contribution is -2.22. The number of carbonyl (C=O) groups is 1. The molecule has 0 aliphatic carbocycles. The van der Waals surface area contributed by atoms with Gasteiger partial charge in [-0.1, -0.05) is 0 Å². The highest BCUT2D eigenvalue weighted by Crippen LogP contribution is 2.14. The Balaban J connectivity index is 0.00000200. The van der Waals surface area contributed by atoms with Gasteiger partial charge >= 0.3 is 0 Å². The Morgan fingerprint density at radius 3 is 2.50 bits per heavy atom. The topological polar surface area (TPSA) is 85.8 Å². The minimum atomic E-state index is -0.220. The second-order valence-electron chi connectivity index (χ2n) is 5.27. The highest BCUT2D eigenvalue weighted by molar-refractivity contribution is 6.03. The van der Waals surface area contributed by atoms with Crippen molar-refractivity contribution < 1.29 is 4.79 Å². The number of nitrogens with zero attached hydrogens (tertiary/aromatic N) is 3. The lowest BCUT2D eigenvalue weighted by molar-refractivity contribution is 0.102. The van der Waals surface area contributed by atoms with E-state index in [1.807, 2.05) is 20.8 Å². The first-order valence-electron chi connectivity index (χ1n) is 5.94. The number of hydrogen-bond donors (Lipinski definition) is 2. The van der Waals surface area contributed by atoms with E-state index in [1.165, 1.54) is 6.20 Å². The van der Waals surface area contributed by atoms with Crippen LogP contribution in [0, 0.1) is 0 Å². The van der Waals surface area contributed by atoms with Gasteiger partial charge in [-0.15, -0.1) is 12.4 Å². The maximum absolute atomic E-state index is 12.0. The highest BCUT2D eigenvalue weighted by atomic mass is 35.5. The van der Waals surface area contributed by atoms with Gasteiger partial charge < -0.3 is 11.1 Å². The lowest BCUT2D eigenvalue weighted by atomic mass is 10.1. The van der Waals surface area contributed by atoms with Crippen molar-refractivity contribution in [2.75, 3.05) is 11.1 Å². The summed E-state index contributed by atoms with van der Waals surface area (Å²) in [5.41, 5.74) is 6.44. The molecular weight excluding hydrogens is 278 g/mol. The number of amides is 1. The molecule has 0 bridgehead atoms. The smallest absolute Gasteiger partial charge is 0.258 e. The third-order valence-corrected chi connectivity index (χ3v) is 2.58. The Morgan fingerprint density at radius 1 is 1.30 bits per heavy atom. The van der Waals surface area contributed by atoms with Crippen LogP contribution in [0.4, 0.5) is 11.5 Å². The second kappa shape index (κ2) is 5.92. The van der Waals surface area contributed by atoms with Crippen LogP contribution in [0.5, 0.6) is 0 Å². The first kappa shape index (κ1) is 16.0. The summed E-state index contributed by atoms with van der Waals surface area (Å²) in [4.78, 5) is 15.9. The van der Waals surface area contributed by atoms with Gasteiger partial charge in [-0.05, 0) is 32.9 Å². The van der Waals surface area contributed by atoms with Crippen molar-refractivity contribution in [3.63, 3.8) is 0 Å². The third kappa shape index (κ3) is 3.71. The van der Waals surface area contributed by atoms with Gasteiger partial charge in [0.15, 0.2) is 0 Å². The van der Waals surface area contributed by atoms with Crippen molar-refractivity contribution in [3.8, 4) is 0 Å². The zero-order chi connectivity index (χ0) is 14.0. The largest absolute Gasteiger partial charge is 0.384 e. The number of nitrogens with one attached hydrogen (secondary N) is 1. The van der Waals surface area contributed by atoms with E-state index >= 15 is 0 Å². The van der Waals surface area contributed by atoms with Crippen LogP contribution < -0.4 is 11.1 Å². The molecule has 0 spiro atoms. The zero-order valence-electron chi connectivity index (χ0n) is 11.6. The monoisotopic (exact) mass is 295 g/mol. The SMILES string of the molecule is CC(C)(C)n1cc(C(=O)Nc2ccc(N)nc2)cn1.Cl. The summed E-state index contributed by atoms with van der Waals surface area (Å²) in [5.74, 6) is 0.195. The molecule has 0 fully saturated rings. The number of carbonyl (C=O) groups excluding carboxylic acids is 1.